The molecule has 0 spiro atoms. The number of aromatic carboxylic acids is 1. The molecule has 1 aromatic rings. The molecule has 1 fully saturated rings. The number of carbonyl (C=O) groups is 1. The van der Waals surface area contributed by atoms with E-state index >= 15 is 0 Å². The first-order valence-electron chi connectivity index (χ1n) is 6.31. The van der Waals surface area contributed by atoms with Crippen molar-refractivity contribution in [1.29, 1.82) is 0 Å². The third-order valence-electron chi connectivity index (χ3n) is 3.42. The van der Waals surface area contributed by atoms with E-state index in [9.17, 15) is 18.3 Å². The molecule has 1 heterocycles. The molecule has 0 amide bonds. The predicted molar refractivity (Wildman–Crippen MR) is 71.1 cm³/mol. The van der Waals surface area contributed by atoms with Crippen molar-refractivity contribution in [1.82, 2.24) is 9.29 Å². The zero-order chi connectivity index (χ0) is 15.1. The summed E-state index contributed by atoms with van der Waals surface area (Å²) < 4.78 is 28.3. The average Bonchev–Trinajstić information content (AvgIpc) is 2.93. The van der Waals surface area contributed by atoms with E-state index in [2.05, 4.69) is 4.72 Å². The van der Waals surface area contributed by atoms with Gasteiger partial charge in [-0.1, -0.05) is 0 Å². The highest BCUT2D eigenvalue weighted by Crippen LogP contribution is 2.36. The summed E-state index contributed by atoms with van der Waals surface area (Å²) in [5.41, 5.74) is -0.850. The number of aromatic nitrogens is 1. The van der Waals surface area contributed by atoms with E-state index in [0.717, 1.165) is 6.07 Å². The lowest BCUT2D eigenvalue weighted by atomic mass is 10.3. The lowest BCUT2D eigenvalue weighted by Gasteiger charge is -2.13. The molecule has 0 aromatic carbocycles. The van der Waals surface area contributed by atoms with Gasteiger partial charge < -0.3 is 14.8 Å². The normalized spacial score (nSPS) is 17.4. The summed E-state index contributed by atoms with van der Waals surface area (Å²) in [5, 5.41) is 18.3. The second kappa shape index (κ2) is 4.87. The number of aliphatic hydroxyl groups excluding tert-OH is 1. The third-order valence-corrected chi connectivity index (χ3v) is 4.96. The molecule has 1 aromatic heterocycles. The van der Waals surface area contributed by atoms with Crippen molar-refractivity contribution in [2.75, 3.05) is 6.61 Å². The van der Waals surface area contributed by atoms with Gasteiger partial charge in [-0.05, 0) is 32.8 Å². The number of hydrogen-bond acceptors (Lipinski definition) is 4. The first kappa shape index (κ1) is 15.0. The zero-order valence-electron chi connectivity index (χ0n) is 11.3. The summed E-state index contributed by atoms with van der Waals surface area (Å²) >= 11 is 0. The van der Waals surface area contributed by atoms with Crippen LogP contribution in [0, 0.1) is 0 Å². The smallest absolute Gasteiger partial charge is 0.352 e. The first-order chi connectivity index (χ1) is 9.21. The molecule has 1 aliphatic rings. The maximum atomic E-state index is 12.2. The summed E-state index contributed by atoms with van der Waals surface area (Å²) in [4.78, 5) is 11.1. The molecular formula is C12H18N2O5S. The van der Waals surface area contributed by atoms with Crippen LogP contribution in [0.3, 0.4) is 0 Å². The van der Waals surface area contributed by atoms with Crippen LogP contribution in [0.4, 0.5) is 0 Å². The molecule has 2 rings (SSSR count). The Kier molecular flexibility index (Phi) is 3.66. The van der Waals surface area contributed by atoms with Crippen molar-refractivity contribution in [3.05, 3.63) is 18.0 Å². The number of nitrogens with zero attached hydrogens (tertiary/aromatic N) is 1. The number of aliphatic hydroxyl groups is 1. The van der Waals surface area contributed by atoms with Gasteiger partial charge >= 0.3 is 5.97 Å². The largest absolute Gasteiger partial charge is 0.477 e. The molecule has 0 bridgehead atoms. The minimum atomic E-state index is -3.83. The Morgan fingerprint density at radius 3 is 2.45 bits per heavy atom. The minimum absolute atomic E-state index is 0.0748. The quantitative estimate of drug-likeness (QED) is 0.712. The van der Waals surface area contributed by atoms with Crippen LogP contribution in [0.2, 0.25) is 0 Å². The number of sulfonamides is 1. The standard InChI is InChI=1S/C12H18N2O5S/c1-8(2)14-6-9(5-10(14)11(16)17)20(18,19)13-12(7-15)3-4-12/h5-6,8,13,15H,3-4,7H2,1-2H3,(H,16,17). The van der Waals surface area contributed by atoms with E-state index in [0.29, 0.717) is 12.8 Å². The van der Waals surface area contributed by atoms with Gasteiger partial charge in [0.1, 0.15) is 10.6 Å². The van der Waals surface area contributed by atoms with Crippen LogP contribution >= 0.6 is 0 Å². The summed E-state index contributed by atoms with van der Waals surface area (Å²) in [5.74, 6) is -1.18. The fourth-order valence-electron chi connectivity index (χ4n) is 1.99. The minimum Gasteiger partial charge on any atom is -0.477 e. The van der Waals surface area contributed by atoms with Crippen LogP contribution in [-0.4, -0.2) is 41.3 Å². The highest BCUT2D eigenvalue weighted by molar-refractivity contribution is 7.89. The van der Waals surface area contributed by atoms with Crippen LogP contribution < -0.4 is 4.72 Å². The van der Waals surface area contributed by atoms with Crippen molar-refractivity contribution in [2.24, 2.45) is 0 Å². The van der Waals surface area contributed by atoms with Crippen LogP contribution in [0.1, 0.15) is 43.2 Å². The second-order valence-electron chi connectivity index (χ2n) is 5.41. The van der Waals surface area contributed by atoms with Crippen LogP contribution in [-0.2, 0) is 10.0 Å². The molecule has 0 radical (unpaired) electrons. The molecule has 7 nitrogen and oxygen atoms in total. The van der Waals surface area contributed by atoms with Crippen LogP contribution in [0.25, 0.3) is 0 Å². The second-order valence-corrected chi connectivity index (χ2v) is 7.09. The van der Waals surface area contributed by atoms with Gasteiger partial charge in [0.2, 0.25) is 10.0 Å². The number of carboxylic acids is 1. The monoisotopic (exact) mass is 302 g/mol. The van der Waals surface area contributed by atoms with E-state index in [-0.39, 0.29) is 23.2 Å². The molecule has 0 saturated heterocycles. The molecule has 0 atom stereocenters. The highest BCUT2D eigenvalue weighted by atomic mass is 32.2. The Morgan fingerprint density at radius 1 is 1.50 bits per heavy atom. The van der Waals surface area contributed by atoms with Gasteiger partial charge in [0, 0.05) is 12.2 Å². The van der Waals surface area contributed by atoms with Crippen molar-refractivity contribution >= 4 is 16.0 Å². The van der Waals surface area contributed by atoms with Gasteiger partial charge in [-0.15, -0.1) is 0 Å². The lowest BCUT2D eigenvalue weighted by Crippen LogP contribution is -2.39. The number of rotatable bonds is 6. The summed E-state index contributed by atoms with van der Waals surface area (Å²) in [6.07, 6.45) is 2.47. The van der Waals surface area contributed by atoms with Crippen molar-refractivity contribution in [3.8, 4) is 0 Å². The molecule has 20 heavy (non-hydrogen) atoms. The van der Waals surface area contributed by atoms with Crippen molar-refractivity contribution in [2.45, 2.75) is 43.2 Å². The van der Waals surface area contributed by atoms with Gasteiger partial charge in [0.25, 0.3) is 0 Å². The Balaban J connectivity index is 2.37. The highest BCUT2D eigenvalue weighted by Gasteiger charge is 2.45. The molecule has 1 saturated carbocycles. The molecule has 0 unspecified atom stereocenters. The fraction of sp³-hybridized carbons (Fsp3) is 0.583. The van der Waals surface area contributed by atoms with E-state index in [1.165, 1.54) is 10.8 Å². The SMILES string of the molecule is CC(C)n1cc(S(=O)(=O)NC2(CO)CC2)cc1C(=O)O. The van der Waals surface area contributed by atoms with Gasteiger partial charge in [-0.25, -0.2) is 17.9 Å². The van der Waals surface area contributed by atoms with Gasteiger partial charge in [-0.3, -0.25) is 0 Å². The third kappa shape index (κ3) is 2.72. The molecule has 0 aliphatic heterocycles. The van der Waals surface area contributed by atoms with Gasteiger partial charge in [0.05, 0.1) is 12.1 Å². The maximum absolute atomic E-state index is 12.2. The Morgan fingerprint density at radius 2 is 2.10 bits per heavy atom. The Labute approximate surface area is 117 Å². The number of hydrogen-bond donors (Lipinski definition) is 3. The van der Waals surface area contributed by atoms with Crippen molar-refractivity contribution < 1.29 is 23.4 Å². The topological polar surface area (TPSA) is 109 Å². The molecule has 3 N–H and O–H groups in total. The number of carboxylic acid groups (broad SMARTS) is 1. The molecular weight excluding hydrogens is 284 g/mol. The first-order valence-corrected chi connectivity index (χ1v) is 7.79. The van der Waals surface area contributed by atoms with Crippen LogP contribution in [0.15, 0.2) is 17.2 Å². The van der Waals surface area contributed by atoms with Gasteiger partial charge in [-0.2, -0.15) is 0 Å². The Hall–Kier alpha value is -1.38. The van der Waals surface area contributed by atoms with Crippen LogP contribution in [0.5, 0.6) is 0 Å². The van der Waals surface area contributed by atoms with E-state index in [4.69, 9.17) is 5.11 Å². The summed E-state index contributed by atoms with van der Waals surface area (Å²) in [7, 11) is -3.83. The van der Waals surface area contributed by atoms with E-state index in [1.54, 1.807) is 13.8 Å². The summed E-state index contributed by atoms with van der Waals surface area (Å²) in [6.45, 7) is 3.28. The van der Waals surface area contributed by atoms with Crippen molar-refractivity contribution in [3.63, 3.8) is 0 Å². The predicted octanol–water partition coefficient (Wildman–Crippen LogP) is 0.570. The fourth-order valence-corrected chi connectivity index (χ4v) is 3.46. The summed E-state index contributed by atoms with van der Waals surface area (Å²) in [6, 6.07) is 0.968. The molecule has 8 heteroatoms. The Bertz CT molecular complexity index is 628. The molecule has 112 valence electrons. The average molecular weight is 302 g/mol. The van der Waals surface area contributed by atoms with Gasteiger partial charge in [0.15, 0.2) is 0 Å². The lowest BCUT2D eigenvalue weighted by molar-refractivity contribution is 0.0683. The molecule has 1 aliphatic carbocycles. The maximum Gasteiger partial charge on any atom is 0.352 e. The van der Waals surface area contributed by atoms with E-state index < -0.39 is 21.5 Å². The van der Waals surface area contributed by atoms with E-state index in [1.807, 2.05) is 0 Å². The number of nitrogens with one attached hydrogen (secondary N) is 1. The zero-order valence-corrected chi connectivity index (χ0v) is 12.1.